The quantitative estimate of drug-likeness (QED) is 0.356. The minimum atomic E-state index is 0.331. The predicted octanol–water partition coefficient (Wildman–Crippen LogP) is 7.42. The van der Waals surface area contributed by atoms with Crippen LogP contribution in [-0.2, 0) is 12.8 Å². The van der Waals surface area contributed by atoms with Gasteiger partial charge in [-0.3, -0.25) is 4.98 Å². The molecule has 0 aliphatic carbocycles. The van der Waals surface area contributed by atoms with Crippen molar-refractivity contribution >= 4 is 21.8 Å². The Hall–Kier alpha value is -2.75. The van der Waals surface area contributed by atoms with Gasteiger partial charge < -0.3 is 0 Å². The highest BCUT2D eigenvalue weighted by Crippen LogP contribution is 2.25. The van der Waals surface area contributed by atoms with Crippen molar-refractivity contribution in [3.05, 3.63) is 66.0 Å². The molecule has 30 heavy (non-hydrogen) atoms. The molecule has 4 heteroatoms. The van der Waals surface area contributed by atoms with E-state index < -0.39 is 0 Å². The maximum Gasteiger partial charge on any atom is 0.135 e. The van der Waals surface area contributed by atoms with Gasteiger partial charge in [0.1, 0.15) is 11.0 Å². The Bertz CT molecular complexity index is 1030. The van der Waals surface area contributed by atoms with E-state index >= 15 is 0 Å². The predicted molar refractivity (Wildman–Crippen MR) is 127 cm³/mol. The molecule has 0 N–H and O–H groups in total. The van der Waals surface area contributed by atoms with Crippen LogP contribution in [0.4, 0.5) is 0 Å². The Labute approximate surface area is 180 Å². The molecule has 4 rings (SSSR count). The van der Waals surface area contributed by atoms with Crippen LogP contribution in [0.1, 0.15) is 65.5 Å². The number of hydrogen-bond donors (Lipinski definition) is 0. The second-order valence-electron chi connectivity index (χ2n) is 8.80. The summed E-state index contributed by atoms with van der Waals surface area (Å²) in [5.74, 6) is 0. The van der Waals surface area contributed by atoms with Gasteiger partial charge in [0.25, 0.3) is 0 Å². The Morgan fingerprint density at radius 3 is 2.33 bits per heavy atom. The van der Waals surface area contributed by atoms with Gasteiger partial charge in [0.2, 0.25) is 0 Å². The molecule has 0 saturated carbocycles. The molecular formula is C26H35N3O. The third-order valence-electron chi connectivity index (χ3n) is 4.35. The van der Waals surface area contributed by atoms with Gasteiger partial charge in [-0.25, -0.2) is 4.63 Å². The molecule has 160 valence electrons. The number of hydrogen-bond acceptors (Lipinski definition) is 4. The molecule has 0 radical (unpaired) electrons. The van der Waals surface area contributed by atoms with Crippen LogP contribution in [0.15, 0.2) is 59.5 Å². The molecule has 2 heterocycles. The number of pyridine rings is 1. The molecule has 0 unspecified atom stereocenters. The van der Waals surface area contributed by atoms with Crippen molar-refractivity contribution in [2.75, 3.05) is 0 Å². The number of aryl methyl sites for hydroxylation is 1. The van der Waals surface area contributed by atoms with Gasteiger partial charge in [-0.15, -0.1) is 0 Å². The fourth-order valence-corrected chi connectivity index (χ4v) is 3.19. The molecular weight excluding hydrogens is 370 g/mol. The molecule has 4 aromatic rings. The second-order valence-corrected chi connectivity index (χ2v) is 8.80. The monoisotopic (exact) mass is 405 g/mol. The lowest BCUT2D eigenvalue weighted by Gasteiger charge is -2.19. The van der Waals surface area contributed by atoms with E-state index in [4.69, 9.17) is 0 Å². The van der Waals surface area contributed by atoms with E-state index in [0.29, 0.717) is 5.41 Å². The minimum absolute atomic E-state index is 0.331. The standard InChI is InChI=1S/C14H17N.C9H10N2O.C3H8/c1-14(2,3)9-11-5-4-6-12-10-15-8-7-13(11)12;1-2-3-7-4-5-8-9(6-7)11-12-10-8;1-3-2/h4-8,10H,9H2,1-3H3;4-6H,2-3H2,1H3;3H2,1-2H3. The summed E-state index contributed by atoms with van der Waals surface area (Å²) in [6.07, 6.45) is 8.39. The molecule has 2 aromatic carbocycles. The number of nitrogens with zero attached hydrogens (tertiary/aromatic N) is 3. The largest absolute Gasteiger partial charge is 0.264 e. The average molecular weight is 406 g/mol. The summed E-state index contributed by atoms with van der Waals surface area (Å²) in [4.78, 5) is 4.15. The first-order valence-corrected chi connectivity index (χ1v) is 10.9. The van der Waals surface area contributed by atoms with Gasteiger partial charge in [-0.05, 0) is 63.3 Å². The van der Waals surface area contributed by atoms with Gasteiger partial charge in [-0.2, -0.15) is 0 Å². The fourth-order valence-electron chi connectivity index (χ4n) is 3.19. The summed E-state index contributed by atoms with van der Waals surface area (Å²) >= 11 is 0. The topological polar surface area (TPSA) is 51.8 Å². The SMILES string of the molecule is CC(C)(C)Cc1cccc2cnccc12.CCC.CCCc1ccc2nonc2c1. The van der Waals surface area contributed by atoms with Gasteiger partial charge in [0.15, 0.2) is 0 Å². The maximum atomic E-state index is 4.60. The van der Waals surface area contributed by atoms with Crippen LogP contribution in [0.5, 0.6) is 0 Å². The highest BCUT2D eigenvalue weighted by Gasteiger charge is 2.12. The van der Waals surface area contributed by atoms with Crippen molar-refractivity contribution in [3.8, 4) is 0 Å². The van der Waals surface area contributed by atoms with Crippen LogP contribution < -0.4 is 0 Å². The lowest BCUT2D eigenvalue weighted by Crippen LogP contribution is -2.09. The summed E-state index contributed by atoms with van der Waals surface area (Å²) in [6, 6.07) is 14.6. The van der Waals surface area contributed by atoms with E-state index in [0.717, 1.165) is 30.3 Å². The normalized spacial score (nSPS) is 10.9. The van der Waals surface area contributed by atoms with E-state index in [1.807, 2.05) is 24.5 Å². The van der Waals surface area contributed by atoms with Crippen molar-refractivity contribution in [3.63, 3.8) is 0 Å². The number of aromatic nitrogens is 3. The number of rotatable bonds is 3. The van der Waals surface area contributed by atoms with Crippen molar-refractivity contribution in [2.45, 2.75) is 67.2 Å². The zero-order valence-corrected chi connectivity index (χ0v) is 19.3. The van der Waals surface area contributed by atoms with Crippen LogP contribution >= 0.6 is 0 Å². The Morgan fingerprint density at radius 2 is 1.63 bits per heavy atom. The summed E-state index contributed by atoms with van der Waals surface area (Å²) in [7, 11) is 0. The Balaban J connectivity index is 0.000000193. The average Bonchev–Trinajstić information content (AvgIpc) is 3.17. The maximum absolute atomic E-state index is 4.60. The fraction of sp³-hybridized carbons (Fsp3) is 0.423. The van der Waals surface area contributed by atoms with Crippen LogP contribution in [0.2, 0.25) is 0 Å². The lowest BCUT2D eigenvalue weighted by atomic mass is 9.86. The minimum Gasteiger partial charge on any atom is -0.264 e. The first-order chi connectivity index (χ1) is 14.4. The van der Waals surface area contributed by atoms with E-state index in [-0.39, 0.29) is 0 Å². The van der Waals surface area contributed by atoms with E-state index in [2.05, 4.69) is 91.8 Å². The summed E-state index contributed by atoms with van der Waals surface area (Å²) in [5.41, 5.74) is 4.72. The van der Waals surface area contributed by atoms with Gasteiger partial charge in [0.05, 0.1) is 0 Å². The van der Waals surface area contributed by atoms with Crippen molar-refractivity contribution < 1.29 is 4.63 Å². The van der Waals surface area contributed by atoms with Gasteiger partial charge >= 0.3 is 0 Å². The molecule has 0 spiro atoms. The summed E-state index contributed by atoms with van der Waals surface area (Å²) < 4.78 is 4.60. The van der Waals surface area contributed by atoms with E-state index in [9.17, 15) is 0 Å². The lowest BCUT2D eigenvalue weighted by molar-refractivity contribution is 0.315. The van der Waals surface area contributed by atoms with Crippen LogP contribution in [-0.4, -0.2) is 15.3 Å². The smallest absolute Gasteiger partial charge is 0.135 e. The molecule has 0 saturated heterocycles. The third kappa shape index (κ3) is 7.25. The molecule has 0 fully saturated rings. The highest BCUT2D eigenvalue weighted by atomic mass is 16.6. The second kappa shape index (κ2) is 11.4. The molecule has 0 amide bonds. The Morgan fingerprint density at radius 1 is 0.900 bits per heavy atom. The molecule has 0 aliphatic heterocycles. The van der Waals surface area contributed by atoms with Crippen molar-refractivity contribution in [1.29, 1.82) is 0 Å². The highest BCUT2D eigenvalue weighted by molar-refractivity contribution is 5.84. The zero-order chi connectivity index (χ0) is 22.0. The number of benzene rings is 2. The Kier molecular flexibility index (Phi) is 8.97. The first-order valence-electron chi connectivity index (χ1n) is 10.9. The van der Waals surface area contributed by atoms with Crippen molar-refractivity contribution in [2.24, 2.45) is 5.41 Å². The van der Waals surface area contributed by atoms with Crippen LogP contribution in [0, 0.1) is 5.41 Å². The van der Waals surface area contributed by atoms with Crippen LogP contribution in [0.3, 0.4) is 0 Å². The van der Waals surface area contributed by atoms with Gasteiger partial charge in [0, 0.05) is 17.8 Å². The number of fused-ring (bicyclic) bond motifs is 2. The molecule has 0 bridgehead atoms. The summed E-state index contributed by atoms with van der Waals surface area (Å²) in [6.45, 7) is 13.2. The van der Waals surface area contributed by atoms with Crippen LogP contribution in [0.25, 0.3) is 21.8 Å². The molecule has 0 aliphatic rings. The zero-order valence-electron chi connectivity index (χ0n) is 19.3. The first kappa shape index (κ1) is 23.5. The van der Waals surface area contributed by atoms with Crippen molar-refractivity contribution in [1.82, 2.24) is 15.3 Å². The summed E-state index contributed by atoms with van der Waals surface area (Å²) in [5, 5.41) is 10.1. The third-order valence-corrected chi connectivity index (χ3v) is 4.35. The van der Waals surface area contributed by atoms with Gasteiger partial charge in [-0.1, -0.05) is 78.6 Å². The molecule has 0 atom stereocenters. The molecule has 4 nitrogen and oxygen atoms in total. The van der Waals surface area contributed by atoms with E-state index in [1.165, 1.54) is 28.3 Å². The van der Waals surface area contributed by atoms with E-state index in [1.54, 1.807) is 0 Å². The molecule has 2 aromatic heterocycles.